The summed E-state index contributed by atoms with van der Waals surface area (Å²) in [6.45, 7) is 2.81. The van der Waals surface area contributed by atoms with Crippen LogP contribution in [0.2, 0.25) is 0 Å². The van der Waals surface area contributed by atoms with Crippen molar-refractivity contribution >= 4 is 21.6 Å². The van der Waals surface area contributed by atoms with Crippen LogP contribution in [0.1, 0.15) is 21.5 Å². The van der Waals surface area contributed by atoms with Crippen LogP contribution < -0.4 is 13.8 Å². The maximum atomic E-state index is 14.5. The largest absolute Gasteiger partial charge is 0.493 e. The van der Waals surface area contributed by atoms with Crippen LogP contribution in [0.3, 0.4) is 0 Å². The zero-order valence-electron chi connectivity index (χ0n) is 21.8. The number of rotatable bonds is 9. The number of amides is 1. The Kier molecular flexibility index (Phi) is 8.53. The molecule has 0 N–H and O–H groups in total. The van der Waals surface area contributed by atoms with Gasteiger partial charge in [0, 0.05) is 44.4 Å². The second kappa shape index (κ2) is 11.8. The summed E-state index contributed by atoms with van der Waals surface area (Å²) in [7, 11) is -1.04. The van der Waals surface area contributed by atoms with Crippen molar-refractivity contribution in [3.8, 4) is 11.5 Å². The third-order valence-electron chi connectivity index (χ3n) is 6.58. The molecule has 3 aromatic carbocycles. The van der Waals surface area contributed by atoms with Gasteiger partial charge in [0.05, 0.1) is 38.3 Å². The summed E-state index contributed by atoms with van der Waals surface area (Å²) in [5.41, 5.74) is 1.62. The van der Waals surface area contributed by atoms with E-state index in [2.05, 4.69) is 17.0 Å². The van der Waals surface area contributed by atoms with Gasteiger partial charge in [-0.2, -0.15) is 0 Å². The fourth-order valence-corrected chi connectivity index (χ4v) is 5.41. The van der Waals surface area contributed by atoms with Gasteiger partial charge >= 0.3 is 0 Å². The first-order valence-electron chi connectivity index (χ1n) is 12.2. The Morgan fingerprint density at radius 3 is 2.13 bits per heavy atom. The summed E-state index contributed by atoms with van der Waals surface area (Å²) in [6, 6.07) is 19.0. The third kappa shape index (κ3) is 6.25. The third-order valence-corrected chi connectivity index (χ3v) is 7.71. The molecule has 202 valence electrons. The topological polar surface area (TPSA) is 79.4 Å². The highest BCUT2D eigenvalue weighted by Crippen LogP contribution is 2.37. The summed E-state index contributed by atoms with van der Waals surface area (Å²) in [4.78, 5) is 17.8. The van der Waals surface area contributed by atoms with E-state index in [1.165, 1.54) is 50.1 Å². The molecule has 1 heterocycles. The van der Waals surface area contributed by atoms with Crippen molar-refractivity contribution in [3.63, 3.8) is 0 Å². The maximum absolute atomic E-state index is 14.5. The quantitative estimate of drug-likeness (QED) is 0.411. The van der Waals surface area contributed by atoms with Gasteiger partial charge < -0.3 is 14.4 Å². The molecule has 3 aromatic rings. The number of nitrogens with zero attached hydrogens (tertiary/aromatic N) is 3. The smallest absolute Gasteiger partial charge is 0.256 e. The normalized spacial score (nSPS) is 14.3. The van der Waals surface area contributed by atoms with Crippen molar-refractivity contribution in [1.82, 2.24) is 9.80 Å². The van der Waals surface area contributed by atoms with Gasteiger partial charge in [-0.25, -0.2) is 12.8 Å². The van der Waals surface area contributed by atoms with E-state index >= 15 is 0 Å². The van der Waals surface area contributed by atoms with Crippen LogP contribution in [-0.4, -0.2) is 70.8 Å². The number of methoxy groups -OCH3 is 2. The van der Waals surface area contributed by atoms with Crippen molar-refractivity contribution in [1.29, 1.82) is 0 Å². The molecule has 0 atom stereocenters. The average molecular weight is 542 g/mol. The molecule has 1 fully saturated rings. The molecular formula is C28H32FN3O5S. The molecule has 0 unspecified atom stereocenters. The first kappa shape index (κ1) is 27.4. The summed E-state index contributed by atoms with van der Waals surface area (Å²) >= 11 is 0. The molecule has 1 aliphatic heterocycles. The Hall–Kier alpha value is -3.63. The van der Waals surface area contributed by atoms with E-state index < -0.39 is 15.8 Å². The number of benzene rings is 3. The maximum Gasteiger partial charge on any atom is 0.256 e. The van der Waals surface area contributed by atoms with Crippen molar-refractivity contribution in [3.05, 3.63) is 89.2 Å². The molecule has 0 saturated carbocycles. The zero-order valence-corrected chi connectivity index (χ0v) is 22.6. The van der Waals surface area contributed by atoms with Gasteiger partial charge in [0.15, 0.2) is 11.5 Å². The lowest BCUT2D eigenvalue weighted by Gasteiger charge is -2.35. The zero-order chi connectivity index (χ0) is 27.3. The minimum atomic E-state index is -3.92. The molecule has 1 saturated heterocycles. The van der Waals surface area contributed by atoms with Gasteiger partial charge in [0.25, 0.3) is 5.91 Å². The Labute approximate surface area is 223 Å². The average Bonchev–Trinajstić information content (AvgIpc) is 2.92. The van der Waals surface area contributed by atoms with E-state index in [0.29, 0.717) is 31.9 Å². The first-order chi connectivity index (χ1) is 18.2. The summed E-state index contributed by atoms with van der Waals surface area (Å²) in [5, 5.41) is 0. The van der Waals surface area contributed by atoms with Gasteiger partial charge in [-0.3, -0.25) is 14.0 Å². The molecule has 8 nitrogen and oxygen atoms in total. The lowest BCUT2D eigenvalue weighted by molar-refractivity contribution is 0.0629. The Morgan fingerprint density at radius 2 is 1.53 bits per heavy atom. The lowest BCUT2D eigenvalue weighted by Crippen LogP contribution is -2.48. The number of hydrogen-bond donors (Lipinski definition) is 0. The first-order valence-corrected chi connectivity index (χ1v) is 14.1. The van der Waals surface area contributed by atoms with Gasteiger partial charge in [-0.05, 0) is 17.7 Å². The Bertz CT molecular complexity index is 1380. The van der Waals surface area contributed by atoms with E-state index in [9.17, 15) is 17.6 Å². The predicted octanol–water partition coefficient (Wildman–Crippen LogP) is 3.77. The highest BCUT2D eigenvalue weighted by Gasteiger charge is 2.30. The van der Waals surface area contributed by atoms with Crippen molar-refractivity contribution in [2.75, 3.05) is 51.0 Å². The SMILES string of the molecule is COc1cc(C(=O)N2CCN(Cc3ccccc3)CC2)c(N(Cc2ccccc2F)S(C)(=O)=O)cc1OC. The van der Waals surface area contributed by atoms with E-state index in [4.69, 9.17) is 9.47 Å². The van der Waals surface area contributed by atoms with Crippen LogP contribution in [0.4, 0.5) is 10.1 Å². The van der Waals surface area contributed by atoms with Crippen LogP contribution in [0, 0.1) is 5.82 Å². The van der Waals surface area contributed by atoms with Gasteiger partial charge in [0.1, 0.15) is 5.82 Å². The number of carbonyl (C=O) groups is 1. The number of ether oxygens (including phenoxy) is 2. The molecule has 0 radical (unpaired) electrons. The second-order valence-corrected chi connectivity index (χ2v) is 11.0. The number of sulfonamides is 1. The molecule has 0 spiro atoms. The summed E-state index contributed by atoms with van der Waals surface area (Å²) in [6.07, 6.45) is 1.03. The fourth-order valence-electron chi connectivity index (χ4n) is 4.53. The standard InChI is InChI=1S/C28H32FN3O5S/c1-36-26-17-23(28(33)31-15-13-30(14-16-31)19-21-9-5-4-6-10-21)25(18-27(26)37-2)32(38(3,34)35)20-22-11-7-8-12-24(22)29/h4-12,17-18H,13-16,19-20H2,1-3H3. The molecule has 10 heteroatoms. The van der Waals surface area contributed by atoms with Crippen molar-refractivity contribution < 1.29 is 27.1 Å². The molecule has 4 rings (SSSR count). The molecule has 0 bridgehead atoms. The minimum Gasteiger partial charge on any atom is -0.493 e. The summed E-state index contributed by atoms with van der Waals surface area (Å²) < 4.78 is 52.3. The number of piperazine rings is 1. The van der Waals surface area contributed by atoms with Crippen molar-refractivity contribution in [2.45, 2.75) is 13.1 Å². The number of hydrogen-bond acceptors (Lipinski definition) is 6. The molecule has 1 aliphatic rings. The molecule has 1 amide bonds. The number of anilines is 1. The van der Waals surface area contributed by atoms with Crippen LogP contribution in [-0.2, 0) is 23.1 Å². The van der Waals surface area contributed by atoms with Crippen LogP contribution >= 0.6 is 0 Å². The van der Waals surface area contributed by atoms with Crippen LogP contribution in [0.25, 0.3) is 0 Å². The van der Waals surface area contributed by atoms with Crippen molar-refractivity contribution in [2.24, 2.45) is 0 Å². The second-order valence-electron chi connectivity index (χ2n) is 9.14. The number of carbonyl (C=O) groups excluding carboxylic acids is 1. The predicted molar refractivity (Wildman–Crippen MR) is 145 cm³/mol. The van der Waals surface area contributed by atoms with E-state index in [1.807, 2.05) is 18.2 Å². The van der Waals surface area contributed by atoms with Gasteiger partial charge in [-0.15, -0.1) is 0 Å². The van der Waals surface area contributed by atoms with E-state index in [0.717, 1.165) is 17.1 Å². The molecule has 0 aliphatic carbocycles. The molecule has 38 heavy (non-hydrogen) atoms. The number of halogens is 1. The molecule has 0 aromatic heterocycles. The van der Waals surface area contributed by atoms with Crippen LogP contribution in [0.15, 0.2) is 66.7 Å². The van der Waals surface area contributed by atoms with E-state index in [-0.39, 0.29) is 35.0 Å². The lowest BCUT2D eigenvalue weighted by atomic mass is 10.1. The minimum absolute atomic E-state index is 0.102. The van der Waals surface area contributed by atoms with Crippen LogP contribution in [0.5, 0.6) is 11.5 Å². The monoisotopic (exact) mass is 541 g/mol. The summed E-state index contributed by atoms with van der Waals surface area (Å²) in [5.74, 6) is -0.317. The van der Waals surface area contributed by atoms with Gasteiger partial charge in [-0.1, -0.05) is 48.5 Å². The highest BCUT2D eigenvalue weighted by atomic mass is 32.2. The van der Waals surface area contributed by atoms with Gasteiger partial charge in [0.2, 0.25) is 10.0 Å². The van der Waals surface area contributed by atoms with E-state index in [1.54, 1.807) is 11.0 Å². The highest BCUT2D eigenvalue weighted by molar-refractivity contribution is 7.92. The Balaban J connectivity index is 1.66. The Morgan fingerprint density at radius 1 is 0.921 bits per heavy atom. The fraction of sp³-hybridized carbons (Fsp3) is 0.321. The molecular weight excluding hydrogens is 509 g/mol.